The normalized spacial score (nSPS) is 10.9. The first-order valence-electron chi connectivity index (χ1n) is 8.16. The summed E-state index contributed by atoms with van der Waals surface area (Å²) >= 11 is 6.57. The summed E-state index contributed by atoms with van der Waals surface area (Å²) in [5.74, 6) is -1.75. The number of aromatic nitrogens is 2. The van der Waals surface area contributed by atoms with E-state index in [2.05, 4.69) is 27.2 Å². The molecule has 0 radical (unpaired) electrons. The second-order valence-electron chi connectivity index (χ2n) is 5.62. The molecule has 0 atom stereocenters. The van der Waals surface area contributed by atoms with Gasteiger partial charge >= 0.3 is 0 Å². The van der Waals surface area contributed by atoms with E-state index in [0.29, 0.717) is 27.5 Å². The standard InChI is InChI=1S/C19H17ClFN5O2S/c1-11-16(5-15(9-23-11)25-18(27)6-20)26-19(28)14(7-22)10-29-12(2)13-3-4-17(21)24-8-13/h3-5,7-10,22H,2,6H2,1H3,(H,25,27)(H,26,28). The fourth-order valence-electron chi connectivity index (χ4n) is 2.01. The molecule has 0 saturated heterocycles. The van der Waals surface area contributed by atoms with Gasteiger partial charge in [0.1, 0.15) is 5.88 Å². The smallest absolute Gasteiger partial charge is 0.257 e. The van der Waals surface area contributed by atoms with Crippen LogP contribution in [0.15, 0.2) is 48.2 Å². The van der Waals surface area contributed by atoms with Gasteiger partial charge in [-0.15, -0.1) is 11.6 Å². The van der Waals surface area contributed by atoms with Gasteiger partial charge in [-0.05, 0) is 30.5 Å². The molecular weight excluding hydrogens is 417 g/mol. The molecule has 0 aliphatic rings. The van der Waals surface area contributed by atoms with Gasteiger partial charge in [-0.3, -0.25) is 14.6 Å². The number of thioether (sulfide) groups is 1. The zero-order chi connectivity index (χ0) is 21.4. The van der Waals surface area contributed by atoms with E-state index in [0.717, 1.165) is 18.0 Å². The molecule has 0 spiro atoms. The van der Waals surface area contributed by atoms with E-state index in [9.17, 15) is 14.0 Å². The van der Waals surface area contributed by atoms with Crippen molar-refractivity contribution in [3.8, 4) is 0 Å². The molecule has 2 amide bonds. The van der Waals surface area contributed by atoms with Crippen molar-refractivity contribution in [2.24, 2.45) is 0 Å². The first-order chi connectivity index (χ1) is 13.8. The SMILES string of the molecule is C=C(SC=C(C=N)C(=O)Nc1cc(NC(=O)CCl)cnc1C)c1ccc(F)nc1. The van der Waals surface area contributed by atoms with Crippen molar-refractivity contribution in [1.29, 1.82) is 5.41 Å². The molecular formula is C19H17ClFN5O2S. The van der Waals surface area contributed by atoms with E-state index >= 15 is 0 Å². The van der Waals surface area contributed by atoms with Crippen molar-refractivity contribution in [3.05, 3.63) is 65.4 Å². The Morgan fingerprint density at radius 1 is 1.31 bits per heavy atom. The number of amides is 2. The van der Waals surface area contributed by atoms with Gasteiger partial charge in [-0.2, -0.15) is 4.39 Å². The maximum Gasteiger partial charge on any atom is 0.257 e. The van der Waals surface area contributed by atoms with Crippen LogP contribution in [0.25, 0.3) is 4.91 Å². The summed E-state index contributed by atoms with van der Waals surface area (Å²) in [6.45, 7) is 5.54. The molecule has 0 aromatic carbocycles. The topological polar surface area (TPSA) is 108 Å². The maximum absolute atomic E-state index is 12.9. The first kappa shape index (κ1) is 22.3. The number of carbonyl (C=O) groups is 2. The van der Waals surface area contributed by atoms with Crippen LogP contribution in [0.5, 0.6) is 0 Å². The molecule has 2 aromatic heterocycles. The van der Waals surface area contributed by atoms with Gasteiger partial charge in [0.2, 0.25) is 11.9 Å². The number of aryl methyl sites for hydroxylation is 1. The summed E-state index contributed by atoms with van der Waals surface area (Å²) in [4.78, 5) is 32.1. The number of anilines is 2. The molecule has 0 aliphatic carbocycles. The number of nitrogens with one attached hydrogen (secondary N) is 3. The number of carbonyl (C=O) groups excluding carboxylic acids is 2. The number of hydrogen-bond acceptors (Lipinski definition) is 6. The third kappa shape index (κ3) is 6.51. The van der Waals surface area contributed by atoms with Crippen LogP contribution in [0, 0.1) is 18.3 Å². The zero-order valence-electron chi connectivity index (χ0n) is 15.3. The van der Waals surface area contributed by atoms with E-state index in [1.807, 2.05) is 0 Å². The number of nitrogens with zero attached hydrogens (tertiary/aromatic N) is 2. The Labute approximate surface area is 176 Å². The molecule has 10 heteroatoms. The predicted molar refractivity (Wildman–Crippen MR) is 115 cm³/mol. The predicted octanol–water partition coefficient (Wildman–Crippen LogP) is 3.98. The molecule has 0 unspecified atom stereocenters. The lowest BCUT2D eigenvalue weighted by Gasteiger charge is -2.11. The summed E-state index contributed by atoms with van der Waals surface area (Å²) in [5.41, 5.74) is 1.95. The van der Waals surface area contributed by atoms with Crippen molar-refractivity contribution in [2.45, 2.75) is 6.92 Å². The van der Waals surface area contributed by atoms with Crippen molar-refractivity contribution in [1.82, 2.24) is 9.97 Å². The van der Waals surface area contributed by atoms with Crippen LogP contribution in [0.4, 0.5) is 15.8 Å². The highest BCUT2D eigenvalue weighted by atomic mass is 35.5. The summed E-state index contributed by atoms with van der Waals surface area (Å²) in [7, 11) is 0. The Kier molecular flexibility index (Phi) is 8.05. The molecule has 0 bridgehead atoms. The van der Waals surface area contributed by atoms with Crippen LogP contribution in [0.1, 0.15) is 11.3 Å². The van der Waals surface area contributed by atoms with E-state index in [1.165, 1.54) is 29.9 Å². The molecule has 3 N–H and O–H groups in total. The molecule has 0 saturated carbocycles. The van der Waals surface area contributed by atoms with Gasteiger partial charge in [0.25, 0.3) is 5.91 Å². The average Bonchev–Trinajstić information content (AvgIpc) is 2.71. The molecule has 29 heavy (non-hydrogen) atoms. The highest BCUT2D eigenvalue weighted by molar-refractivity contribution is 8.10. The fraction of sp³-hybridized carbons (Fsp3) is 0.105. The Balaban J connectivity index is 2.11. The average molecular weight is 434 g/mol. The summed E-state index contributed by atoms with van der Waals surface area (Å²) in [5, 5.41) is 14.2. The molecule has 150 valence electrons. The highest BCUT2D eigenvalue weighted by Gasteiger charge is 2.12. The Morgan fingerprint density at radius 3 is 2.69 bits per heavy atom. The number of pyridine rings is 2. The Morgan fingerprint density at radius 2 is 2.07 bits per heavy atom. The molecule has 2 aromatic rings. The lowest BCUT2D eigenvalue weighted by Crippen LogP contribution is -2.17. The Bertz CT molecular complexity index is 979. The molecule has 0 aliphatic heterocycles. The van der Waals surface area contributed by atoms with Crippen LogP contribution in [-0.2, 0) is 9.59 Å². The number of hydrogen-bond donors (Lipinski definition) is 3. The largest absolute Gasteiger partial charge is 0.324 e. The lowest BCUT2D eigenvalue weighted by molar-refractivity contribution is -0.114. The quantitative estimate of drug-likeness (QED) is 0.252. The monoisotopic (exact) mass is 433 g/mol. The van der Waals surface area contributed by atoms with E-state index in [4.69, 9.17) is 17.0 Å². The molecule has 7 nitrogen and oxygen atoms in total. The highest BCUT2D eigenvalue weighted by Crippen LogP contribution is 2.27. The van der Waals surface area contributed by atoms with E-state index in [-0.39, 0.29) is 11.5 Å². The molecule has 2 rings (SSSR count). The second kappa shape index (κ2) is 10.5. The summed E-state index contributed by atoms with van der Waals surface area (Å²) < 4.78 is 12.9. The van der Waals surface area contributed by atoms with Gasteiger partial charge in [-0.25, -0.2) is 4.98 Å². The van der Waals surface area contributed by atoms with Gasteiger partial charge in [0.05, 0.1) is 28.8 Å². The van der Waals surface area contributed by atoms with Crippen LogP contribution in [0.2, 0.25) is 0 Å². The van der Waals surface area contributed by atoms with Gasteiger partial charge < -0.3 is 16.0 Å². The molecule has 2 heterocycles. The van der Waals surface area contributed by atoms with Crippen LogP contribution >= 0.6 is 23.4 Å². The van der Waals surface area contributed by atoms with Gasteiger partial charge in [0.15, 0.2) is 0 Å². The minimum absolute atomic E-state index is 0.0702. The number of halogens is 2. The van der Waals surface area contributed by atoms with Crippen molar-refractivity contribution >= 4 is 57.7 Å². The zero-order valence-corrected chi connectivity index (χ0v) is 16.9. The van der Waals surface area contributed by atoms with Crippen LogP contribution in [0.3, 0.4) is 0 Å². The first-order valence-corrected chi connectivity index (χ1v) is 9.57. The van der Waals surface area contributed by atoms with E-state index in [1.54, 1.807) is 13.0 Å². The fourth-order valence-corrected chi connectivity index (χ4v) is 2.78. The Hall–Kier alpha value is -3.04. The molecule has 0 fully saturated rings. The summed E-state index contributed by atoms with van der Waals surface area (Å²) in [6, 6.07) is 4.27. The van der Waals surface area contributed by atoms with Crippen LogP contribution < -0.4 is 10.6 Å². The van der Waals surface area contributed by atoms with Crippen LogP contribution in [-0.4, -0.2) is 33.9 Å². The van der Waals surface area contributed by atoms with Crippen molar-refractivity contribution < 1.29 is 14.0 Å². The van der Waals surface area contributed by atoms with Gasteiger partial charge in [0, 0.05) is 22.9 Å². The van der Waals surface area contributed by atoms with E-state index < -0.39 is 17.8 Å². The minimum atomic E-state index is -0.602. The van der Waals surface area contributed by atoms with Crippen molar-refractivity contribution in [2.75, 3.05) is 16.5 Å². The van der Waals surface area contributed by atoms with Crippen molar-refractivity contribution in [3.63, 3.8) is 0 Å². The maximum atomic E-state index is 12.9. The summed E-state index contributed by atoms with van der Waals surface area (Å²) in [6.07, 6.45) is 3.68. The third-order valence-corrected chi connectivity index (χ3v) is 4.67. The minimum Gasteiger partial charge on any atom is -0.324 e. The van der Waals surface area contributed by atoms with Gasteiger partial charge in [-0.1, -0.05) is 18.3 Å². The number of alkyl halides is 1. The number of rotatable bonds is 8. The lowest BCUT2D eigenvalue weighted by atomic mass is 10.2. The second-order valence-corrected chi connectivity index (χ2v) is 6.85. The third-order valence-electron chi connectivity index (χ3n) is 3.54.